The number of hydrogen-bond acceptors (Lipinski definition) is 3. The van der Waals surface area contributed by atoms with Gasteiger partial charge in [-0.25, -0.2) is 0 Å². The van der Waals surface area contributed by atoms with Crippen LogP contribution in [0.4, 0.5) is 11.5 Å². The van der Waals surface area contributed by atoms with Crippen molar-refractivity contribution < 1.29 is 4.74 Å². The molecule has 142 valence electrons. The summed E-state index contributed by atoms with van der Waals surface area (Å²) in [5.74, 6) is 0.962. The van der Waals surface area contributed by atoms with Gasteiger partial charge in [-0.2, -0.15) is 5.10 Å². The normalized spacial score (nSPS) is 10.9. The first-order valence-electron chi connectivity index (χ1n) is 9.46. The largest absolute Gasteiger partial charge is 0.377 e. The summed E-state index contributed by atoms with van der Waals surface area (Å²) in [5.41, 5.74) is 7.78. The van der Waals surface area contributed by atoms with Gasteiger partial charge in [-0.05, 0) is 60.4 Å². The van der Waals surface area contributed by atoms with Crippen molar-refractivity contribution in [2.75, 3.05) is 11.9 Å². The summed E-state index contributed by atoms with van der Waals surface area (Å²) in [6.07, 6.45) is 1.76. The summed E-state index contributed by atoms with van der Waals surface area (Å²) in [4.78, 5) is 3.46. The maximum absolute atomic E-state index is 5.52. The number of nitrogens with one attached hydrogen (secondary N) is 3. The van der Waals surface area contributed by atoms with Gasteiger partial charge in [0.2, 0.25) is 0 Å². The number of benzene rings is 2. The molecular weight excluding hydrogens is 348 g/mol. The highest BCUT2D eigenvalue weighted by molar-refractivity contribution is 5.70. The second kappa shape index (κ2) is 8.15. The molecule has 0 atom stereocenters. The van der Waals surface area contributed by atoms with Crippen molar-refractivity contribution in [2.24, 2.45) is 0 Å². The second-order valence-electron chi connectivity index (χ2n) is 6.74. The molecule has 5 nitrogen and oxygen atoms in total. The minimum absolute atomic E-state index is 0.629. The van der Waals surface area contributed by atoms with Crippen LogP contribution in [-0.2, 0) is 11.3 Å². The lowest BCUT2D eigenvalue weighted by atomic mass is 10.1. The van der Waals surface area contributed by atoms with Gasteiger partial charge in [0, 0.05) is 24.2 Å². The molecule has 0 fully saturated rings. The van der Waals surface area contributed by atoms with Crippen molar-refractivity contribution in [2.45, 2.75) is 20.5 Å². The number of aromatic nitrogens is 3. The summed E-state index contributed by atoms with van der Waals surface area (Å²) < 4.78 is 5.52. The van der Waals surface area contributed by atoms with Crippen molar-refractivity contribution >= 4 is 11.5 Å². The van der Waals surface area contributed by atoms with Crippen molar-refractivity contribution in [3.8, 4) is 22.5 Å². The summed E-state index contributed by atoms with van der Waals surface area (Å²) in [6.45, 7) is 5.46. The van der Waals surface area contributed by atoms with Crippen LogP contribution in [-0.4, -0.2) is 21.8 Å². The molecule has 0 spiro atoms. The number of anilines is 2. The first-order chi connectivity index (χ1) is 13.7. The average Bonchev–Trinajstić information content (AvgIpc) is 3.41. The van der Waals surface area contributed by atoms with Crippen molar-refractivity contribution in [3.05, 3.63) is 78.0 Å². The van der Waals surface area contributed by atoms with E-state index in [1.165, 1.54) is 5.56 Å². The van der Waals surface area contributed by atoms with Crippen LogP contribution in [0.25, 0.3) is 22.5 Å². The summed E-state index contributed by atoms with van der Waals surface area (Å²) >= 11 is 0. The van der Waals surface area contributed by atoms with Gasteiger partial charge in [-0.15, -0.1) is 0 Å². The van der Waals surface area contributed by atoms with Gasteiger partial charge in [0.15, 0.2) is 0 Å². The Morgan fingerprint density at radius 2 is 1.71 bits per heavy atom. The molecule has 0 aliphatic carbocycles. The molecule has 0 unspecified atom stereocenters. The number of rotatable bonds is 7. The van der Waals surface area contributed by atoms with Crippen LogP contribution in [0.2, 0.25) is 0 Å². The van der Waals surface area contributed by atoms with Crippen LogP contribution in [0, 0.1) is 6.92 Å². The average molecular weight is 372 g/mol. The highest BCUT2D eigenvalue weighted by atomic mass is 16.5. The number of aromatic amines is 2. The highest BCUT2D eigenvalue weighted by Crippen LogP contribution is 2.27. The Bertz CT molecular complexity index is 1030. The molecule has 0 saturated heterocycles. The number of ether oxygens (including phenoxy) is 1. The molecule has 3 N–H and O–H groups in total. The van der Waals surface area contributed by atoms with Crippen LogP contribution in [0.15, 0.2) is 66.9 Å². The predicted molar refractivity (Wildman–Crippen MR) is 114 cm³/mol. The van der Waals surface area contributed by atoms with Crippen molar-refractivity contribution in [1.29, 1.82) is 0 Å². The first kappa shape index (κ1) is 18.1. The molecule has 0 radical (unpaired) electrons. The molecule has 2 aromatic carbocycles. The molecule has 0 amide bonds. The summed E-state index contributed by atoms with van der Waals surface area (Å²) in [7, 11) is 0. The Morgan fingerprint density at radius 1 is 0.929 bits per heavy atom. The van der Waals surface area contributed by atoms with Crippen LogP contribution >= 0.6 is 0 Å². The number of aryl methyl sites for hydroxylation is 1. The molecule has 0 bridgehead atoms. The van der Waals surface area contributed by atoms with Gasteiger partial charge in [0.1, 0.15) is 5.82 Å². The van der Waals surface area contributed by atoms with Gasteiger partial charge < -0.3 is 15.0 Å². The van der Waals surface area contributed by atoms with E-state index in [9.17, 15) is 0 Å². The van der Waals surface area contributed by atoms with Gasteiger partial charge in [-0.1, -0.05) is 36.4 Å². The number of hydrogen-bond donors (Lipinski definition) is 3. The molecule has 5 heteroatoms. The van der Waals surface area contributed by atoms with Crippen LogP contribution in [0.3, 0.4) is 0 Å². The Hall–Kier alpha value is -3.31. The first-order valence-corrected chi connectivity index (χ1v) is 9.46. The van der Waals surface area contributed by atoms with Gasteiger partial charge in [0.25, 0.3) is 0 Å². The molecule has 0 aliphatic heterocycles. The van der Waals surface area contributed by atoms with Crippen LogP contribution in [0.5, 0.6) is 0 Å². The topological polar surface area (TPSA) is 65.7 Å². The smallest absolute Gasteiger partial charge is 0.108 e. The van der Waals surface area contributed by atoms with E-state index in [1.54, 1.807) is 6.20 Å². The molecule has 4 aromatic rings. The lowest BCUT2D eigenvalue weighted by molar-refractivity contribution is 0.134. The van der Waals surface area contributed by atoms with E-state index in [2.05, 4.69) is 82.0 Å². The van der Waals surface area contributed by atoms with Gasteiger partial charge in [-0.3, -0.25) is 5.10 Å². The molecular formula is C23H24N4O. The lowest BCUT2D eigenvalue weighted by Gasteiger charge is -2.11. The second-order valence-corrected chi connectivity index (χ2v) is 6.74. The fourth-order valence-corrected chi connectivity index (χ4v) is 3.14. The standard InChI is InChI=1S/C23H24N4O/c1-3-28-15-17-5-4-16(2)22(14-17)26-23-11-10-20(25-23)18-6-8-19(9-7-18)21-12-13-24-27-21/h4-14,25-26H,3,15H2,1-2H3,(H,24,27). The van der Waals surface area contributed by atoms with Gasteiger partial charge in [0.05, 0.1) is 12.3 Å². The zero-order valence-electron chi connectivity index (χ0n) is 16.1. The summed E-state index contributed by atoms with van der Waals surface area (Å²) in [5, 5.41) is 10.5. The Labute approximate surface area is 164 Å². The fraction of sp³-hybridized carbons (Fsp3) is 0.174. The SMILES string of the molecule is CCOCc1ccc(C)c(Nc2ccc(-c3ccc(-c4ccn[nH]4)cc3)[nH]2)c1. The van der Waals surface area contributed by atoms with Crippen molar-refractivity contribution in [3.63, 3.8) is 0 Å². The molecule has 28 heavy (non-hydrogen) atoms. The number of H-pyrrole nitrogens is 2. The maximum atomic E-state index is 5.52. The minimum atomic E-state index is 0.629. The zero-order chi connectivity index (χ0) is 19.3. The monoisotopic (exact) mass is 372 g/mol. The Balaban J connectivity index is 1.50. The Kier molecular flexibility index (Phi) is 5.26. The molecule has 0 saturated carbocycles. The van der Waals surface area contributed by atoms with E-state index >= 15 is 0 Å². The van der Waals surface area contributed by atoms with E-state index < -0.39 is 0 Å². The van der Waals surface area contributed by atoms with Crippen molar-refractivity contribution in [1.82, 2.24) is 15.2 Å². The van der Waals surface area contributed by atoms with Crippen LogP contribution < -0.4 is 5.32 Å². The molecule has 4 rings (SSSR count). The highest BCUT2D eigenvalue weighted by Gasteiger charge is 2.06. The third kappa shape index (κ3) is 4.00. The lowest BCUT2D eigenvalue weighted by Crippen LogP contribution is -1.97. The minimum Gasteiger partial charge on any atom is -0.377 e. The predicted octanol–water partition coefficient (Wildman–Crippen LogP) is 5.66. The third-order valence-electron chi connectivity index (χ3n) is 4.74. The van der Waals surface area contributed by atoms with E-state index in [0.29, 0.717) is 6.61 Å². The van der Waals surface area contributed by atoms with E-state index in [1.807, 2.05) is 13.0 Å². The third-order valence-corrected chi connectivity index (χ3v) is 4.74. The van der Waals surface area contributed by atoms with Crippen LogP contribution in [0.1, 0.15) is 18.1 Å². The summed E-state index contributed by atoms with van der Waals surface area (Å²) in [6, 6.07) is 20.9. The number of nitrogens with zero attached hydrogens (tertiary/aromatic N) is 1. The van der Waals surface area contributed by atoms with Gasteiger partial charge >= 0.3 is 0 Å². The van der Waals surface area contributed by atoms with E-state index in [0.717, 1.165) is 46.2 Å². The van der Waals surface area contributed by atoms with E-state index in [-0.39, 0.29) is 0 Å². The molecule has 2 heterocycles. The molecule has 2 aromatic heterocycles. The molecule has 0 aliphatic rings. The zero-order valence-corrected chi connectivity index (χ0v) is 16.1. The quantitative estimate of drug-likeness (QED) is 0.392. The maximum Gasteiger partial charge on any atom is 0.108 e. The fourth-order valence-electron chi connectivity index (χ4n) is 3.14. The Morgan fingerprint density at radius 3 is 2.43 bits per heavy atom. The van der Waals surface area contributed by atoms with E-state index in [4.69, 9.17) is 4.74 Å².